The lowest BCUT2D eigenvalue weighted by Crippen LogP contribution is -2.08. The molecule has 5 heteroatoms. The quantitative estimate of drug-likeness (QED) is 0.417. The molecule has 2 aromatic heterocycles. The lowest BCUT2D eigenvalue weighted by molar-refractivity contribution is 0.318. The second-order valence-electron chi connectivity index (χ2n) is 7.01. The molecule has 0 radical (unpaired) electrons. The molecule has 1 aromatic carbocycles. The minimum absolute atomic E-state index is 0.582. The normalized spacial score (nSPS) is 12.2. The molecular formula is C21H26N4O. The van der Waals surface area contributed by atoms with E-state index in [0.29, 0.717) is 18.0 Å². The van der Waals surface area contributed by atoms with Crippen LogP contribution in [-0.4, -0.2) is 25.5 Å². The van der Waals surface area contributed by atoms with E-state index in [4.69, 9.17) is 4.98 Å². The van der Waals surface area contributed by atoms with Gasteiger partial charge in [0, 0.05) is 5.69 Å². The lowest BCUT2D eigenvalue weighted by Gasteiger charge is -2.16. The van der Waals surface area contributed by atoms with Gasteiger partial charge in [0.05, 0.1) is 11.1 Å². The molecule has 0 aliphatic carbocycles. The predicted molar refractivity (Wildman–Crippen MR) is 106 cm³/mol. The van der Waals surface area contributed by atoms with Crippen molar-refractivity contribution in [1.29, 1.82) is 0 Å². The van der Waals surface area contributed by atoms with E-state index in [2.05, 4.69) is 61.5 Å². The largest absolute Gasteiger partial charge is 0.411 e. The van der Waals surface area contributed by atoms with Crippen LogP contribution in [0, 0.1) is 41.5 Å². The van der Waals surface area contributed by atoms with Gasteiger partial charge in [0.25, 0.3) is 0 Å². The number of rotatable bonds is 3. The second kappa shape index (κ2) is 6.56. The van der Waals surface area contributed by atoms with Crippen molar-refractivity contribution in [3.63, 3.8) is 0 Å². The fraction of sp³-hybridized carbons (Fsp3) is 0.381. The van der Waals surface area contributed by atoms with E-state index >= 15 is 0 Å². The molecule has 0 amide bonds. The Morgan fingerprint density at radius 2 is 1.65 bits per heavy atom. The highest BCUT2D eigenvalue weighted by Crippen LogP contribution is 2.33. The highest BCUT2D eigenvalue weighted by atomic mass is 16.4. The molecule has 0 unspecified atom stereocenters. The molecule has 0 saturated carbocycles. The van der Waals surface area contributed by atoms with Crippen molar-refractivity contribution in [1.82, 2.24) is 14.5 Å². The first-order valence-corrected chi connectivity index (χ1v) is 8.95. The topological polar surface area (TPSA) is 63.3 Å². The van der Waals surface area contributed by atoms with E-state index in [1.54, 1.807) is 0 Å². The van der Waals surface area contributed by atoms with Crippen LogP contribution in [0.3, 0.4) is 0 Å². The number of hydrogen-bond acceptors (Lipinski definition) is 4. The van der Waals surface area contributed by atoms with Gasteiger partial charge < -0.3 is 5.21 Å². The molecule has 0 atom stereocenters. The first-order chi connectivity index (χ1) is 12.3. The van der Waals surface area contributed by atoms with Crippen LogP contribution < -0.4 is 0 Å². The number of oxime groups is 1. The minimum atomic E-state index is 0.582. The van der Waals surface area contributed by atoms with Gasteiger partial charge in [0.1, 0.15) is 22.9 Å². The van der Waals surface area contributed by atoms with Gasteiger partial charge in [-0.2, -0.15) is 0 Å². The maximum Gasteiger partial charge on any atom is 0.149 e. The van der Waals surface area contributed by atoms with E-state index in [1.165, 1.54) is 16.7 Å². The summed E-state index contributed by atoms with van der Waals surface area (Å²) in [6.07, 6.45) is 0.605. The monoisotopic (exact) mass is 350 g/mol. The summed E-state index contributed by atoms with van der Waals surface area (Å²) in [4.78, 5) is 9.36. The van der Waals surface area contributed by atoms with Crippen LogP contribution in [0.15, 0.2) is 17.3 Å². The summed E-state index contributed by atoms with van der Waals surface area (Å²) >= 11 is 0. The van der Waals surface area contributed by atoms with Crippen molar-refractivity contribution in [2.24, 2.45) is 5.16 Å². The van der Waals surface area contributed by atoms with Crippen LogP contribution in [0.2, 0.25) is 0 Å². The molecule has 0 fully saturated rings. The Hall–Kier alpha value is -2.69. The number of aryl methyl sites for hydroxylation is 5. The van der Waals surface area contributed by atoms with Crippen LogP contribution >= 0.6 is 0 Å². The summed E-state index contributed by atoms with van der Waals surface area (Å²) in [5.41, 5.74) is 9.26. The highest BCUT2D eigenvalue weighted by Gasteiger charge is 2.22. The van der Waals surface area contributed by atoms with Gasteiger partial charge in [-0.05, 0) is 64.7 Å². The molecule has 0 saturated heterocycles. The average Bonchev–Trinajstić information content (AvgIpc) is 2.80. The Kier molecular flexibility index (Phi) is 4.57. The summed E-state index contributed by atoms with van der Waals surface area (Å²) in [5.74, 6) is 0.670. The number of nitrogens with zero attached hydrogens (tertiary/aromatic N) is 4. The van der Waals surface area contributed by atoms with Crippen LogP contribution in [0.1, 0.15) is 52.8 Å². The van der Waals surface area contributed by atoms with Gasteiger partial charge in [0.15, 0.2) is 0 Å². The number of aromatic nitrogens is 3. The summed E-state index contributed by atoms with van der Waals surface area (Å²) < 4.78 is 2.22. The number of fused-ring (bicyclic) bond motifs is 1. The SMILES string of the molecule is CC/C(=N/O)c1nc(C)nc2c1c(C)c(C)n2-c1c(C)cc(C)cc1C. The highest BCUT2D eigenvalue weighted by molar-refractivity contribution is 6.09. The maximum absolute atomic E-state index is 9.45. The third-order valence-corrected chi connectivity index (χ3v) is 5.05. The maximum atomic E-state index is 9.45. The van der Waals surface area contributed by atoms with E-state index < -0.39 is 0 Å². The first-order valence-electron chi connectivity index (χ1n) is 8.95. The zero-order valence-electron chi connectivity index (χ0n) is 16.6. The summed E-state index contributed by atoms with van der Waals surface area (Å²) in [7, 11) is 0. The van der Waals surface area contributed by atoms with Gasteiger partial charge in [-0.3, -0.25) is 4.57 Å². The molecule has 3 aromatic rings. The fourth-order valence-electron chi connectivity index (χ4n) is 3.87. The Bertz CT molecular complexity index is 1020. The zero-order valence-corrected chi connectivity index (χ0v) is 16.6. The standard InChI is InChI=1S/C21H26N4O/c1-8-17(24-26)19-18-14(5)15(6)25(21(18)23-16(7)22-19)20-12(3)9-11(2)10-13(20)4/h9-10,26H,8H2,1-7H3/b24-17-. The van der Waals surface area contributed by atoms with Crippen molar-refractivity contribution >= 4 is 16.7 Å². The molecule has 5 nitrogen and oxygen atoms in total. The zero-order chi connectivity index (χ0) is 19.2. The van der Waals surface area contributed by atoms with Crippen LogP contribution in [0.25, 0.3) is 16.7 Å². The molecule has 136 valence electrons. The Balaban J connectivity index is 2.49. The average molecular weight is 350 g/mol. The summed E-state index contributed by atoms with van der Waals surface area (Å²) in [6.45, 7) is 14.4. The van der Waals surface area contributed by atoms with Crippen molar-refractivity contribution < 1.29 is 5.21 Å². The van der Waals surface area contributed by atoms with Gasteiger partial charge >= 0.3 is 0 Å². The van der Waals surface area contributed by atoms with Crippen molar-refractivity contribution in [3.8, 4) is 5.69 Å². The molecule has 0 bridgehead atoms. The molecule has 2 heterocycles. The van der Waals surface area contributed by atoms with Crippen molar-refractivity contribution in [2.75, 3.05) is 0 Å². The minimum Gasteiger partial charge on any atom is -0.411 e. The molecule has 3 rings (SSSR count). The van der Waals surface area contributed by atoms with E-state index in [-0.39, 0.29) is 0 Å². The third-order valence-electron chi connectivity index (χ3n) is 5.05. The Labute approximate surface area is 154 Å². The Morgan fingerprint density at radius 1 is 1.04 bits per heavy atom. The van der Waals surface area contributed by atoms with Crippen LogP contribution in [0.4, 0.5) is 0 Å². The fourth-order valence-corrected chi connectivity index (χ4v) is 3.87. The third kappa shape index (κ3) is 2.68. The molecule has 1 N–H and O–H groups in total. The predicted octanol–water partition coefficient (Wildman–Crippen LogP) is 4.86. The van der Waals surface area contributed by atoms with E-state index in [1.807, 2.05) is 13.8 Å². The Morgan fingerprint density at radius 3 is 2.19 bits per heavy atom. The van der Waals surface area contributed by atoms with Crippen molar-refractivity contribution in [3.05, 3.63) is 51.6 Å². The van der Waals surface area contributed by atoms with Gasteiger partial charge in [-0.15, -0.1) is 0 Å². The summed E-state index contributed by atoms with van der Waals surface area (Å²) in [6, 6.07) is 4.40. The van der Waals surface area contributed by atoms with Gasteiger partial charge in [0.2, 0.25) is 0 Å². The summed E-state index contributed by atoms with van der Waals surface area (Å²) in [5, 5.41) is 13.9. The smallest absolute Gasteiger partial charge is 0.149 e. The van der Waals surface area contributed by atoms with Crippen LogP contribution in [-0.2, 0) is 0 Å². The van der Waals surface area contributed by atoms with Gasteiger partial charge in [-0.1, -0.05) is 29.8 Å². The molecule has 0 aliphatic rings. The first kappa shape index (κ1) is 18.1. The molecular weight excluding hydrogens is 324 g/mol. The van der Waals surface area contributed by atoms with E-state index in [0.717, 1.165) is 33.7 Å². The van der Waals surface area contributed by atoms with E-state index in [9.17, 15) is 5.21 Å². The number of hydrogen-bond donors (Lipinski definition) is 1. The molecule has 0 spiro atoms. The van der Waals surface area contributed by atoms with Crippen molar-refractivity contribution in [2.45, 2.75) is 54.9 Å². The number of benzene rings is 1. The lowest BCUT2D eigenvalue weighted by atomic mass is 10.0. The molecule has 0 aliphatic heterocycles. The van der Waals surface area contributed by atoms with Gasteiger partial charge in [-0.25, -0.2) is 9.97 Å². The van der Waals surface area contributed by atoms with Crippen LogP contribution in [0.5, 0.6) is 0 Å². The second-order valence-corrected chi connectivity index (χ2v) is 7.01. The molecule has 26 heavy (non-hydrogen) atoms.